The molecule has 2 amide bonds. The molecule has 230 valence electrons. The first-order valence-corrected chi connectivity index (χ1v) is 16.7. The number of hydrogen-bond donors (Lipinski definition) is 4. The second-order valence-corrected chi connectivity index (χ2v) is 14.7. The molecule has 1 aliphatic heterocycles. The van der Waals surface area contributed by atoms with E-state index in [4.69, 9.17) is 10.7 Å². The number of nitrogens with zero attached hydrogens (tertiary/aromatic N) is 4. The Morgan fingerprint density at radius 3 is 2.49 bits per heavy atom. The van der Waals surface area contributed by atoms with Crippen LogP contribution in [0.1, 0.15) is 85.6 Å². The summed E-state index contributed by atoms with van der Waals surface area (Å²) < 4.78 is 28.5. The molecule has 2 aromatic heterocycles. The molecule has 12 nitrogen and oxygen atoms in total. The van der Waals surface area contributed by atoms with Crippen LogP contribution < -0.4 is 15.8 Å². The van der Waals surface area contributed by atoms with Gasteiger partial charge in [0.25, 0.3) is 11.8 Å². The third-order valence-corrected chi connectivity index (χ3v) is 9.81. The van der Waals surface area contributed by atoms with Gasteiger partial charge < -0.3 is 21.1 Å². The Labute approximate surface area is 251 Å². The van der Waals surface area contributed by atoms with Gasteiger partial charge in [-0.25, -0.2) is 17.9 Å². The van der Waals surface area contributed by atoms with E-state index >= 15 is 0 Å². The topological polar surface area (TPSA) is 172 Å². The molecule has 0 spiro atoms. The molecule has 1 atom stereocenters. The number of nitrogens with two attached hydrogens (primary N) is 1. The SMILES string of the molecule is C[C@@H](C1CC1)N1Cc2cc(-c3ccn4nc(N)c(C(=O)N[C@H]5CC[C@H](C(C)(C)O)CC5)c4n3)cc(NS(C)(=O)=O)c2C1=O. The maximum atomic E-state index is 13.4. The van der Waals surface area contributed by atoms with Gasteiger partial charge in [0.2, 0.25) is 10.0 Å². The van der Waals surface area contributed by atoms with Crippen molar-refractivity contribution in [2.24, 2.45) is 11.8 Å². The van der Waals surface area contributed by atoms with Crippen LogP contribution in [0.15, 0.2) is 24.4 Å². The minimum absolute atomic E-state index is 0.0519. The summed E-state index contributed by atoms with van der Waals surface area (Å²) in [6.07, 6.45) is 7.98. The van der Waals surface area contributed by atoms with Crippen LogP contribution in [-0.4, -0.2) is 68.8 Å². The third-order valence-electron chi connectivity index (χ3n) is 9.22. The fourth-order valence-corrected chi connectivity index (χ4v) is 7.16. The molecule has 0 saturated heterocycles. The molecule has 6 rings (SSSR count). The first-order chi connectivity index (χ1) is 20.2. The number of aliphatic hydroxyl groups is 1. The highest BCUT2D eigenvalue weighted by molar-refractivity contribution is 7.92. The predicted octanol–water partition coefficient (Wildman–Crippen LogP) is 3.16. The lowest BCUT2D eigenvalue weighted by molar-refractivity contribution is -0.00257. The van der Waals surface area contributed by atoms with Crippen molar-refractivity contribution in [3.8, 4) is 11.3 Å². The summed E-state index contributed by atoms with van der Waals surface area (Å²) in [5.41, 5.74) is 8.24. The Bertz CT molecular complexity index is 1720. The average molecular weight is 610 g/mol. The number of nitrogen functional groups attached to an aromatic ring is 1. The number of nitrogens with one attached hydrogen (secondary N) is 2. The van der Waals surface area contributed by atoms with E-state index in [-0.39, 0.29) is 52.5 Å². The van der Waals surface area contributed by atoms with E-state index in [1.807, 2.05) is 31.7 Å². The number of anilines is 2. The number of amides is 2. The normalized spacial score (nSPS) is 21.6. The molecule has 5 N–H and O–H groups in total. The molecule has 0 radical (unpaired) electrons. The molecule has 43 heavy (non-hydrogen) atoms. The zero-order chi connectivity index (χ0) is 30.8. The summed E-state index contributed by atoms with van der Waals surface area (Å²) in [6.45, 7) is 6.06. The van der Waals surface area contributed by atoms with Crippen LogP contribution in [0.3, 0.4) is 0 Å². The van der Waals surface area contributed by atoms with E-state index in [2.05, 4.69) is 15.1 Å². The lowest BCUT2D eigenvalue weighted by Gasteiger charge is -2.36. The van der Waals surface area contributed by atoms with E-state index in [0.717, 1.165) is 50.3 Å². The number of sulfonamides is 1. The van der Waals surface area contributed by atoms with Crippen LogP contribution in [-0.2, 0) is 16.6 Å². The van der Waals surface area contributed by atoms with Crippen molar-refractivity contribution in [3.05, 3.63) is 41.1 Å². The van der Waals surface area contributed by atoms with Crippen molar-refractivity contribution in [2.45, 2.75) is 83.5 Å². The van der Waals surface area contributed by atoms with Crippen molar-refractivity contribution < 1.29 is 23.1 Å². The molecular formula is C30H39N7O5S. The van der Waals surface area contributed by atoms with E-state index < -0.39 is 15.6 Å². The molecule has 0 unspecified atom stereocenters. The standard InChI is InChI=1S/C30H39N7O5S/c1-16(17-5-6-17)36-15-19-13-18(14-23(24(19)29(36)39)35-43(4,41)42)22-11-12-37-27(33-22)25(26(31)34-37)28(38)32-21-9-7-20(8-10-21)30(2,3)40/h11-14,16-17,20-21,35,40H,5-10,15H2,1-4H3,(H2,31,34)(H,32,38)/t16-,20-,21-/m0/s1. The summed E-state index contributed by atoms with van der Waals surface area (Å²) in [5.74, 6) is 0.139. The fraction of sp³-hybridized carbons (Fsp3) is 0.533. The summed E-state index contributed by atoms with van der Waals surface area (Å²) in [4.78, 5) is 33.4. The summed E-state index contributed by atoms with van der Waals surface area (Å²) in [7, 11) is -3.68. The van der Waals surface area contributed by atoms with Gasteiger partial charge in [-0.3, -0.25) is 14.3 Å². The zero-order valence-corrected chi connectivity index (χ0v) is 25.7. The van der Waals surface area contributed by atoms with E-state index in [1.54, 1.807) is 18.3 Å². The van der Waals surface area contributed by atoms with Crippen LogP contribution in [0.4, 0.5) is 11.5 Å². The third kappa shape index (κ3) is 5.79. The molecule has 2 aliphatic carbocycles. The Hall–Kier alpha value is -3.71. The van der Waals surface area contributed by atoms with Gasteiger partial charge in [0.15, 0.2) is 11.5 Å². The summed E-state index contributed by atoms with van der Waals surface area (Å²) >= 11 is 0. The highest BCUT2D eigenvalue weighted by Crippen LogP contribution is 2.41. The van der Waals surface area contributed by atoms with Crippen molar-refractivity contribution in [1.29, 1.82) is 0 Å². The van der Waals surface area contributed by atoms with Crippen LogP contribution in [0.2, 0.25) is 0 Å². The lowest BCUT2D eigenvalue weighted by atomic mass is 9.77. The molecule has 3 aliphatic rings. The lowest BCUT2D eigenvalue weighted by Crippen LogP contribution is -2.41. The highest BCUT2D eigenvalue weighted by atomic mass is 32.2. The van der Waals surface area contributed by atoms with Crippen molar-refractivity contribution in [1.82, 2.24) is 24.8 Å². The molecule has 3 aromatic rings. The predicted molar refractivity (Wildman–Crippen MR) is 163 cm³/mol. The molecular weight excluding hydrogens is 570 g/mol. The number of aromatic nitrogens is 3. The first-order valence-electron chi connectivity index (χ1n) is 14.8. The number of hydrogen-bond acceptors (Lipinski definition) is 8. The van der Waals surface area contributed by atoms with Gasteiger partial charge in [0.1, 0.15) is 5.56 Å². The molecule has 0 bridgehead atoms. The van der Waals surface area contributed by atoms with Crippen LogP contribution in [0, 0.1) is 11.8 Å². The Morgan fingerprint density at radius 1 is 1.16 bits per heavy atom. The van der Waals surface area contributed by atoms with Gasteiger partial charge in [0.05, 0.1) is 28.8 Å². The first kappa shape index (κ1) is 29.4. The largest absolute Gasteiger partial charge is 0.390 e. The van der Waals surface area contributed by atoms with Gasteiger partial charge in [0, 0.05) is 30.4 Å². The maximum absolute atomic E-state index is 13.4. The number of fused-ring (bicyclic) bond motifs is 2. The number of benzene rings is 1. The second kappa shape index (κ2) is 10.5. The Kier molecular flexibility index (Phi) is 7.15. The van der Waals surface area contributed by atoms with Crippen molar-refractivity contribution in [2.75, 3.05) is 16.7 Å². The molecule has 3 heterocycles. The molecule has 2 saturated carbocycles. The monoisotopic (exact) mass is 609 g/mol. The van der Waals surface area contributed by atoms with E-state index in [0.29, 0.717) is 29.3 Å². The minimum Gasteiger partial charge on any atom is -0.390 e. The van der Waals surface area contributed by atoms with Crippen LogP contribution >= 0.6 is 0 Å². The summed E-state index contributed by atoms with van der Waals surface area (Å²) in [5, 5.41) is 17.7. The fourth-order valence-electron chi connectivity index (χ4n) is 6.60. The Balaban J connectivity index is 1.32. The minimum atomic E-state index is -3.68. The van der Waals surface area contributed by atoms with Crippen molar-refractivity contribution >= 4 is 39.0 Å². The number of rotatable bonds is 8. The number of carbonyl (C=O) groups is 2. The zero-order valence-electron chi connectivity index (χ0n) is 24.9. The molecule has 1 aromatic carbocycles. The van der Waals surface area contributed by atoms with E-state index in [1.165, 1.54) is 4.52 Å². The van der Waals surface area contributed by atoms with Gasteiger partial charge in [-0.2, -0.15) is 0 Å². The molecule has 13 heteroatoms. The van der Waals surface area contributed by atoms with E-state index in [9.17, 15) is 23.1 Å². The van der Waals surface area contributed by atoms with Gasteiger partial charge in [-0.15, -0.1) is 5.10 Å². The van der Waals surface area contributed by atoms with Crippen LogP contribution in [0.5, 0.6) is 0 Å². The van der Waals surface area contributed by atoms with Crippen molar-refractivity contribution in [3.63, 3.8) is 0 Å². The number of carbonyl (C=O) groups excluding carboxylic acids is 2. The maximum Gasteiger partial charge on any atom is 0.259 e. The smallest absolute Gasteiger partial charge is 0.259 e. The quantitative estimate of drug-likeness (QED) is 0.302. The van der Waals surface area contributed by atoms with Crippen LogP contribution in [0.25, 0.3) is 16.9 Å². The van der Waals surface area contributed by atoms with Gasteiger partial charge in [-0.1, -0.05) is 0 Å². The average Bonchev–Trinajstić information content (AvgIpc) is 3.64. The highest BCUT2D eigenvalue weighted by Gasteiger charge is 2.40. The molecule has 2 fully saturated rings. The van der Waals surface area contributed by atoms with Gasteiger partial charge in [-0.05, 0) is 94.9 Å². The second-order valence-electron chi connectivity index (χ2n) is 13.0. The Morgan fingerprint density at radius 2 is 1.86 bits per heavy atom. The summed E-state index contributed by atoms with van der Waals surface area (Å²) in [6, 6.07) is 5.20. The van der Waals surface area contributed by atoms with Gasteiger partial charge >= 0.3 is 0 Å².